The summed E-state index contributed by atoms with van der Waals surface area (Å²) in [5.41, 5.74) is 5.06. The van der Waals surface area contributed by atoms with E-state index in [1.807, 2.05) is 0 Å². The average molecular weight is 250 g/mol. The highest BCUT2D eigenvalue weighted by Crippen LogP contribution is 2.30. The van der Waals surface area contributed by atoms with Crippen LogP contribution in [0.15, 0.2) is 11.6 Å². The van der Waals surface area contributed by atoms with Gasteiger partial charge in [-0.25, -0.2) is 0 Å². The van der Waals surface area contributed by atoms with E-state index in [0.29, 0.717) is 25.6 Å². The standard InChI is InChI=1S/C12H21F3N2/c1-10(3-2-6-16)9-17-7-4-11(5-8-17)12(13,14)15/h4,10H,2-3,5-9,16H2,1H3. The number of halogens is 3. The number of alkyl halides is 3. The Bertz CT molecular complexity index is 261. The van der Waals surface area contributed by atoms with Gasteiger partial charge in [-0.3, -0.25) is 4.90 Å². The number of nitrogens with zero attached hydrogens (tertiary/aromatic N) is 1. The Kier molecular flexibility index (Phi) is 5.46. The van der Waals surface area contributed by atoms with E-state index in [4.69, 9.17) is 5.73 Å². The van der Waals surface area contributed by atoms with Crippen molar-refractivity contribution >= 4 is 0 Å². The molecule has 1 aliphatic rings. The molecule has 0 spiro atoms. The lowest BCUT2D eigenvalue weighted by atomic mass is 10.0. The van der Waals surface area contributed by atoms with Gasteiger partial charge < -0.3 is 5.73 Å². The van der Waals surface area contributed by atoms with Gasteiger partial charge in [0.05, 0.1) is 0 Å². The molecule has 1 unspecified atom stereocenters. The maximum absolute atomic E-state index is 12.4. The molecule has 1 rings (SSSR count). The Hall–Kier alpha value is -0.550. The first-order valence-electron chi connectivity index (χ1n) is 6.12. The van der Waals surface area contributed by atoms with Crippen LogP contribution in [0.2, 0.25) is 0 Å². The fourth-order valence-corrected chi connectivity index (χ4v) is 2.13. The summed E-state index contributed by atoms with van der Waals surface area (Å²) in [5.74, 6) is 0.499. The molecule has 0 bridgehead atoms. The Morgan fingerprint density at radius 2 is 2.18 bits per heavy atom. The van der Waals surface area contributed by atoms with Crippen LogP contribution in [-0.4, -0.2) is 37.3 Å². The summed E-state index contributed by atoms with van der Waals surface area (Å²) in [6.45, 7) is 4.60. The van der Waals surface area contributed by atoms with Gasteiger partial charge >= 0.3 is 6.18 Å². The zero-order valence-electron chi connectivity index (χ0n) is 10.3. The minimum absolute atomic E-state index is 0.118. The van der Waals surface area contributed by atoms with Gasteiger partial charge in [0.15, 0.2) is 0 Å². The molecule has 17 heavy (non-hydrogen) atoms. The van der Waals surface area contributed by atoms with Gasteiger partial charge in [0.25, 0.3) is 0 Å². The van der Waals surface area contributed by atoms with Crippen LogP contribution in [0.3, 0.4) is 0 Å². The first kappa shape index (κ1) is 14.5. The fraction of sp³-hybridized carbons (Fsp3) is 0.833. The van der Waals surface area contributed by atoms with Crippen LogP contribution in [-0.2, 0) is 0 Å². The summed E-state index contributed by atoms with van der Waals surface area (Å²) in [6, 6.07) is 0. The van der Waals surface area contributed by atoms with Crippen molar-refractivity contribution in [3.63, 3.8) is 0 Å². The van der Waals surface area contributed by atoms with Gasteiger partial charge in [-0.15, -0.1) is 0 Å². The molecule has 0 aliphatic carbocycles. The van der Waals surface area contributed by atoms with E-state index in [9.17, 15) is 13.2 Å². The highest BCUT2D eigenvalue weighted by Gasteiger charge is 2.34. The molecule has 1 aliphatic heterocycles. The molecule has 1 heterocycles. The van der Waals surface area contributed by atoms with Crippen molar-refractivity contribution < 1.29 is 13.2 Å². The van der Waals surface area contributed by atoms with E-state index < -0.39 is 6.18 Å². The Labute approximate surface area is 101 Å². The molecule has 0 fully saturated rings. The second-order valence-corrected chi connectivity index (χ2v) is 4.77. The first-order valence-corrected chi connectivity index (χ1v) is 6.12. The zero-order chi connectivity index (χ0) is 12.9. The minimum atomic E-state index is -4.14. The lowest BCUT2D eigenvalue weighted by Crippen LogP contribution is -2.35. The smallest absolute Gasteiger partial charge is 0.330 e. The van der Waals surface area contributed by atoms with Gasteiger partial charge in [0.2, 0.25) is 0 Å². The molecule has 2 N–H and O–H groups in total. The molecule has 1 atom stereocenters. The monoisotopic (exact) mass is 250 g/mol. The topological polar surface area (TPSA) is 29.3 Å². The third-order valence-corrected chi connectivity index (χ3v) is 3.13. The van der Waals surface area contributed by atoms with E-state index in [-0.39, 0.29) is 12.0 Å². The summed E-state index contributed by atoms with van der Waals surface area (Å²) < 4.78 is 37.2. The molecule has 0 aromatic carbocycles. The van der Waals surface area contributed by atoms with Crippen LogP contribution in [0.25, 0.3) is 0 Å². The molecule has 2 nitrogen and oxygen atoms in total. The second kappa shape index (κ2) is 6.40. The number of hydrogen-bond donors (Lipinski definition) is 1. The minimum Gasteiger partial charge on any atom is -0.330 e. The molecule has 0 amide bonds. The van der Waals surface area contributed by atoms with Crippen molar-refractivity contribution in [1.82, 2.24) is 4.90 Å². The van der Waals surface area contributed by atoms with Crippen LogP contribution in [0.5, 0.6) is 0 Å². The second-order valence-electron chi connectivity index (χ2n) is 4.77. The number of hydrogen-bond acceptors (Lipinski definition) is 2. The van der Waals surface area contributed by atoms with Gasteiger partial charge in [0, 0.05) is 25.2 Å². The van der Waals surface area contributed by atoms with Crippen molar-refractivity contribution in [3.8, 4) is 0 Å². The summed E-state index contributed by atoms with van der Waals surface area (Å²) in [4.78, 5) is 2.08. The molecule has 100 valence electrons. The fourth-order valence-electron chi connectivity index (χ4n) is 2.13. The largest absolute Gasteiger partial charge is 0.412 e. The van der Waals surface area contributed by atoms with Gasteiger partial charge in [-0.2, -0.15) is 13.2 Å². The van der Waals surface area contributed by atoms with Crippen molar-refractivity contribution in [2.45, 2.75) is 32.4 Å². The maximum atomic E-state index is 12.4. The van der Waals surface area contributed by atoms with Crippen LogP contribution in [0, 0.1) is 5.92 Å². The Morgan fingerprint density at radius 1 is 1.47 bits per heavy atom. The summed E-state index contributed by atoms with van der Waals surface area (Å²) >= 11 is 0. The molecule has 0 saturated carbocycles. The Morgan fingerprint density at radius 3 is 2.65 bits per heavy atom. The summed E-state index contributed by atoms with van der Waals surface area (Å²) in [7, 11) is 0. The summed E-state index contributed by atoms with van der Waals surface area (Å²) in [6.07, 6.45) is -0.676. The molecule has 0 aromatic heterocycles. The van der Waals surface area contributed by atoms with Crippen LogP contribution < -0.4 is 5.73 Å². The van der Waals surface area contributed by atoms with Crippen molar-refractivity contribution in [1.29, 1.82) is 0 Å². The van der Waals surface area contributed by atoms with Gasteiger partial charge in [-0.05, 0) is 31.7 Å². The van der Waals surface area contributed by atoms with Crippen LogP contribution >= 0.6 is 0 Å². The van der Waals surface area contributed by atoms with E-state index in [1.54, 1.807) is 0 Å². The van der Waals surface area contributed by atoms with E-state index >= 15 is 0 Å². The lowest BCUT2D eigenvalue weighted by Gasteiger charge is -2.29. The van der Waals surface area contributed by atoms with Crippen molar-refractivity contribution in [2.24, 2.45) is 11.7 Å². The molecular weight excluding hydrogens is 229 g/mol. The Balaban J connectivity index is 2.34. The third-order valence-electron chi connectivity index (χ3n) is 3.13. The zero-order valence-corrected chi connectivity index (χ0v) is 10.3. The van der Waals surface area contributed by atoms with Gasteiger partial charge in [0.1, 0.15) is 0 Å². The predicted octanol–water partition coefficient (Wildman–Crippen LogP) is 2.56. The SMILES string of the molecule is CC(CCCN)CN1CC=C(C(F)(F)F)CC1. The van der Waals surface area contributed by atoms with Crippen molar-refractivity contribution in [3.05, 3.63) is 11.6 Å². The quantitative estimate of drug-likeness (QED) is 0.760. The summed E-state index contributed by atoms with van der Waals surface area (Å²) in [5, 5.41) is 0. The lowest BCUT2D eigenvalue weighted by molar-refractivity contribution is -0.0960. The molecule has 5 heteroatoms. The average Bonchev–Trinajstić information content (AvgIpc) is 2.26. The highest BCUT2D eigenvalue weighted by atomic mass is 19.4. The van der Waals surface area contributed by atoms with E-state index in [1.165, 1.54) is 6.08 Å². The number of nitrogens with two attached hydrogens (primary N) is 1. The van der Waals surface area contributed by atoms with E-state index in [2.05, 4.69) is 11.8 Å². The van der Waals surface area contributed by atoms with Crippen LogP contribution in [0.4, 0.5) is 13.2 Å². The third kappa shape index (κ3) is 5.08. The predicted molar refractivity (Wildman–Crippen MR) is 62.6 cm³/mol. The number of rotatable bonds is 5. The van der Waals surface area contributed by atoms with Gasteiger partial charge in [-0.1, -0.05) is 13.0 Å². The molecule has 0 radical (unpaired) electrons. The highest BCUT2D eigenvalue weighted by molar-refractivity contribution is 5.12. The molecule has 0 saturated heterocycles. The first-order chi connectivity index (χ1) is 7.93. The molecular formula is C12H21F3N2. The molecule has 0 aromatic rings. The van der Waals surface area contributed by atoms with E-state index in [0.717, 1.165) is 19.4 Å². The maximum Gasteiger partial charge on any atom is 0.412 e. The normalized spacial score (nSPS) is 20.2. The van der Waals surface area contributed by atoms with Crippen molar-refractivity contribution in [2.75, 3.05) is 26.2 Å². The van der Waals surface area contributed by atoms with Crippen LogP contribution in [0.1, 0.15) is 26.2 Å².